The summed E-state index contributed by atoms with van der Waals surface area (Å²) in [6.07, 6.45) is 3.04. The first-order valence-corrected chi connectivity index (χ1v) is 12.2. The number of nitrogens with one attached hydrogen (secondary N) is 2. The summed E-state index contributed by atoms with van der Waals surface area (Å²) in [6.45, 7) is 2.22. The molecule has 1 atom stereocenters. The van der Waals surface area contributed by atoms with Crippen LogP contribution in [-0.4, -0.2) is 19.3 Å². The van der Waals surface area contributed by atoms with Gasteiger partial charge in [-0.15, -0.1) is 11.3 Å². The van der Waals surface area contributed by atoms with Crippen molar-refractivity contribution in [2.75, 3.05) is 10.0 Å². The number of amides is 1. The second-order valence-electron chi connectivity index (χ2n) is 7.33. The number of rotatable bonds is 5. The second-order valence-corrected chi connectivity index (χ2v) is 10.5. The number of sulfonamides is 1. The van der Waals surface area contributed by atoms with E-state index in [1.54, 1.807) is 18.2 Å². The molecule has 3 aromatic rings. The van der Waals surface area contributed by atoms with Gasteiger partial charge in [-0.1, -0.05) is 24.6 Å². The molecule has 1 aliphatic carbocycles. The smallest absolute Gasteiger partial charge is 0.261 e. The normalized spacial score (nSPS) is 16.0. The van der Waals surface area contributed by atoms with Gasteiger partial charge in [-0.2, -0.15) is 0 Å². The molecule has 0 saturated carbocycles. The van der Waals surface area contributed by atoms with E-state index in [9.17, 15) is 13.2 Å². The number of benzene rings is 2. The van der Waals surface area contributed by atoms with Crippen molar-refractivity contribution < 1.29 is 13.2 Å². The molecular weight excluding hydrogens is 442 g/mol. The average Bonchev–Trinajstić information content (AvgIpc) is 3.09. The number of carbonyl (C=O) groups is 1. The molecule has 1 aromatic heterocycles. The topological polar surface area (TPSA) is 88.2 Å². The molecule has 0 radical (unpaired) electrons. The Labute approximate surface area is 184 Å². The van der Waals surface area contributed by atoms with E-state index in [0.717, 1.165) is 25.0 Å². The lowest BCUT2D eigenvalue weighted by Crippen LogP contribution is -2.15. The van der Waals surface area contributed by atoms with Crippen LogP contribution in [0.2, 0.25) is 5.02 Å². The van der Waals surface area contributed by atoms with Gasteiger partial charge in [-0.3, -0.25) is 14.8 Å². The molecule has 0 bridgehead atoms. The van der Waals surface area contributed by atoms with Gasteiger partial charge in [0.15, 0.2) is 5.13 Å². The van der Waals surface area contributed by atoms with Crippen molar-refractivity contribution in [2.45, 2.75) is 31.1 Å². The first kappa shape index (κ1) is 20.8. The number of hydrogen-bond acceptors (Lipinski definition) is 5. The third-order valence-corrected chi connectivity index (χ3v) is 7.59. The molecule has 2 N–H and O–H groups in total. The second kappa shape index (κ2) is 8.37. The molecule has 4 rings (SSSR count). The summed E-state index contributed by atoms with van der Waals surface area (Å²) >= 11 is 7.33. The van der Waals surface area contributed by atoms with E-state index in [0.29, 0.717) is 27.3 Å². The Morgan fingerprint density at radius 3 is 2.73 bits per heavy atom. The van der Waals surface area contributed by atoms with Gasteiger partial charge in [-0.05, 0) is 67.6 Å². The molecule has 0 spiro atoms. The SMILES string of the molecule is CC1CCc2nc(NC(=O)c3cccc(NS(=O)(=O)c4ccc(Cl)cc4)c3)sc2C1. The fourth-order valence-corrected chi connectivity index (χ4v) is 5.66. The lowest BCUT2D eigenvalue weighted by Gasteiger charge is -2.15. The van der Waals surface area contributed by atoms with E-state index in [-0.39, 0.29) is 10.8 Å². The van der Waals surface area contributed by atoms with Gasteiger partial charge in [-0.25, -0.2) is 13.4 Å². The van der Waals surface area contributed by atoms with Crippen LogP contribution in [0.5, 0.6) is 0 Å². The van der Waals surface area contributed by atoms with E-state index in [1.165, 1.54) is 46.5 Å². The van der Waals surface area contributed by atoms with Crippen LogP contribution in [0.25, 0.3) is 0 Å². The quantitative estimate of drug-likeness (QED) is 0.561. The molecule has 1 heterocycles. The van der Waals surface area contributed by atoms with Gasteiger partial charge in [0.05, 0.1) is 10.6 Å². The van der Waals surface area contributed by atoms with E-state index in [4.69, 9.17) is 11.6 Å². The van der Waals surface area contributed by atoms with Gasteiger partial charge in [0.1, 0.15) is 0 Å². The molecule has 9 heteroatoms. The number of aryl methyl sites for hydroxylation is 1. The fourth-order valence-electron chi connectivity index (χ4n) is 3.31. The summed E-state index contributed by atoms with van der Waals surface area (Å²) in [7, 11) is -3.79. The number of nitrogens with zero attached hydrogens (tertiary/aromatic N) is 1. The van der Waals surface area contributed by atoms with Gasteiger partial charge >= 0.3 is 0 Å². The average molecular weight is 462 g/mol. The van der Waals surface area contributed by atoms with Crippen LogP contribution in [0.4, 0.5) is 10.8 Å². The first-order valence-electron chi connectivity index (χ1n) is 9.48. The number of carbonyl (C=O) groups excluding carboxylic acids is 1. The van der Waals surface area contributed by atoms with Crippen LogP contribution >= 0.6 is 22.9 Å². The minimum atomic E-state index is -3.79. The lowest BCUT2D eigenvalue weighted by molar-refractivity contribution is 0.102. The molecule has 0 saturated heterocycles. The third kappa shape index (κ3) is 4.66. The largest absolute Gasteiger partial charge is 0.298 e. The standard InChI is InChI=1S/C21H20ClN3O3S2/c1-13-5-10-18-19(11-13)29-21(23-18)24-20(26)14-3-2-4-16(12-14)25-30(27,28)17-8-6-15(22)7-9-17/h2-4,6-9,12-13,25H,5,10-11H2,1H3,(H,23,24,26). The van der Waals surface area contributed by atoms with Crippen LogP contribution in [0.15, 0.2) is 53.4 Å². The van der Waals surface area contributed by atoms with Crippen LogP contribution in [0, 0.1) is 5.92 Å². The van der Waals surface area contributed by atoms with Crippen molar-refractivity contribution in [3.63, 3.8) is 0 Å². The third-order valence-electron chi connectivity index (χ3n) is 4.91. The molecule has 1 amide bonds. The number of aromatic nitrogens is 1. The summed E-state index contributed by atoms with van der Waals surface area (Å²) in [5.74, 6) is 0.300. The van der Waals surface area contributed by atoms with Gasteiger partial charge in [0.25, 0.3) is 15.9 Å². The minimum Gasteiger partial charge on any atom is -0.298 e. The Morgan fingerprint density at radius 2 is 1.97 bits per heavy atom. The molecular formula is C21H20ClN3O3S2. The lowest BCUT2D eigenvalue weighted by atomic mass is 9.93. The van der Waals surface area contributed by atoms with E-state index in [1.807, 2.05) is 0 Å². The highest BCUT2D eigenvalue weighted by Crippen LogP contribution is 2.32. The minimum absolute atomic E-state index is 0.0874. The molecule has 1 aliphatic rings. The molecule has 0 fully saturated rings. The van der Waals surface area contributed by atoms with Crippen LogP contribution in [-0.2, 0) is 22.9 Å². The Kier molecular flexibility index (Phi) is 5.81. The first-order chi connectivity index (χ1) is 14.3. The molecule has 156 valence electrons. The number of fused-ring (bicyclic) bond motifs is 1. The van der Waals surface area contributed by atoms with Crippen molar-refractivity contribution in [1.29, 1.82) is 0 Å². The predicted octanol–water partition coefficient (Wildman–Crippen LogP) is 4.97. The highest BCUT2D eigenvalue weighted by atomic mass is 35.5. The summed E-state index contributed by atoms with van der Waals surface area (Å²) in [5.41, 5.74) is 1.70. The van der Waals surface area contributed by atoms with Crippen molar-refractivity contribution in [2.24, 2.45) is 5.92 Å². The van der Waals surface area contributed by atoms with E-state index < -0.39 is 10.0 Å². The summed E-state index contributed by atoms with van der Waals surface area (Å²) in [5, 5.41) is 3.86. The Bertz CT molecular complexity index is 1190. The molecule has 30 heavy (non-hydrogen) atoms. The zero-order chi connectivity index (χ0) is 21.3. The van der Waals surface area contributed by atoms with Crippen molar-refractivity contribution in [1.82, 2.24) is 4.98 Å². The molecule has 6 nitrogen and oxygen atoms in total. The maximum Gasteiger partial charge on any atom is 0.261 e. The highest BCUT2D eigenvalue weighted by molar-refractivity contribution is 7.92. The number of anilines is 2. The maximum absolute atomic E-state index is 12.7. The highest BCUT2D eigenvalue weighted by Gasteiger charge is 2.21. The Morgan fingerprint density at radius 1 is 1.20 bits per heavy atom. The zero-order valence-corrected chi connectivity index (χ0v) is 18.6. The Hall–Kier alpha value is -2.42. The summed E-state index contributed by atoms with van der Waals surface area (Å²) in [4.78, 5) is 18.5. The summed E-state index contributed by atoms with van der Waals surface area (Å²) < 4.78 is 27.6. The number of halogens is 1. The van der Waals surface area contributed by atoms with E-state index in [2.05, 4.69) is 21.9 Å². The zero-order valence-electron chi connectivity index (χ0n) is 16.2. The van der Waals surface area contributed by atoms with Crippen molar-refractivity contribution in [3.05, 3.63) is 69.7 Å². The van der Waals surface area contributed by atoms with Gasteiger partial charge < -0.3 is 0 Å². The van der Waals surface area contributed by atoms with Crippen molar-refractivity contribution >= 4 is 49.7 Å². The summed E-state index contributed by atoms with van der Waals surface area (Å²) in [6, 6.07) is 12.2. The van der Waals surface area contributed by atoms with Gasteiger partial charge in [0.2, 0.25) is 0 Å². The number of thiazole rings is 1. The molecule has 1 unspecified atom stereocenters. The fraction of sp³-hybridized carbons (Fsp3) is 0.238. The van der Waals surface area contributed by atoms with Gasteiger partial charge in [0, 0.05) is 21.2 Å². The monoisotopic (exact) mass is 461 g/mol. The molecule has 0 aliphatic heterocycles. The van der Waals surface area contributed by atoms with Crippen LogP contribution < -0.4 is 10.0 Å². The van der Waals surface area contributed by atoms with Crippen LogP contribution in [0.1, 0.15) is 34.3 Å². The number of hydrogen-bond donors (Lipinski definition) is 2. The van der Waals surface area contributed by atoms with E-state index >= 15 is 0 Å². The predicted molar refractivity (Wildman–Crippen MR) is 120 cm³/mol. The maximum atomic E-state index is 12.7. The van der Waals surface area contributed by atoms with Crippen molar-refractivity contribution in [3.8, 4) is 0 Å². The Balaban J connectivity index is 1.49. The van der Waals surface area contributed by atoms with Crippen LogP contribution in [0.3, 0.4) is 0 Å². The molecule has 2 aromatic carbocycles.